The number of rotatable bonds is 3. The fourth-order valence-electron chi connectivity index (χ4n) is 7.44. The van der Waals surface area contributed by atoms with Gasteiger partial charge in [0, 0.05) is 34.1 Å². The Bertz CT molecular complexity index is 1820. The van der Waals surface area contributed by atoms with E-state index in [9.17, 15) is 5.26 Å². The Morgan fingerprint density at radius 3 is 1.83 bits per heavy atom. The van der Waals surface area contributed by atoms with Gasteiger partial charge in [-0.05, 0) is 95.3 Å². The van der Waals surface area contributed by atoms with Gasteiger partial charge in [0.25, 0.3) is 6.71 Å². The van der Waals surface area contributed by atoms with Crippen molar-refractivity contribution >= 4 is 57.2 Å². The van der Waals surface area contributed by atoms with Gasteiger partial charge in [0.15, 0.2) is 0 Å². The zero-order valence-electron chi connectivity index (χ0n) is 23.0. The Kier molecular flexibility index (Phi) is 5.71. The minimum Gasteiger partial charge on any atom is -0.311 e. The Balaban J connectivity index is 1.47. The summed E-state index contributed by atoms with van der Waals surface area (Å²) in [6, 6.07) is 44.0. The molecule has 5 aromatic rings. The molecule has 0 unspecified atom stereocenters. The van der Waals surface area contributed by atoms with Crippen molar-refractivity contribution in [3.05, 3.63) is 126 Å². The van der Waals surface area contributed by atoms with Gasteiger partial charge in [-0.25, -0.2) is 0 Å². The molecule has 8 rings (SSSR count). The molecular formula is C37H30BN3. The molecule has 2 heterocycles. The standard InChI is InChI=1S/C37H30BN3/c39-25-26-12-11-17-30(22-26)41-34-21-10-8-19-32(34)38-31-18-7-9-20-33(31)40(29-15-5-2-6-16-29)35-23-28(24-36(41)37(35)38)27-13-3-1-4-14-27/h2,5-12,15-24,27H,1,3-4,13-14H2. The molecule has 3 aliphatic rings. The molecule has 2 aliphatic heterocycles. The fourth-order valence-corrected chi connectivity index (χ4v) is 7.44. The molecule has 196 valence electrons. The van der Waals surface area contributed by atoms with Crippen LogP contribution in [0.5, 0.6) is 0 Å². The second-order valence-corrected chi connectivity index (χ2v) is 11.5. The zero-order valence-corrected chi connectivity index (χ0v) is 23.0. The Morgan fingerprint density at radius 2 is 1.17 bits per heavy atom. The first-order valence-electron chi connectivity index (χ1n) is 14.8. The second kappa shape index (κ2) is 9.71. The lowest BCUT2D eigenvalue weighted by Gasteiger charge is -2.44. The topological polar surface area (TPSA) is 30.3 Å². The maximum atomic E-state index is 9.79. The van der Waals surface area contributed by atoms with E-state index < -0.39 is 0 Å². The molecule has 0 N–H and O–H groups in total. The number of benzene rings is 5. The van der Waals surface area contributed by atoms with Gasteiger partial charge in [0.05, 0.1) is 11.6 Å². The minimum atomic E-state index is 0.128. The highest BCUT2D eigenvalue weighted by atomic mass is 15.2. The average Bonchev–Trinajstić information content (AvgIpc) is 3.05. The molecule has 0 saturated heterocycles. The molecule has 4 heteroatoms. The molecule has 0 aromatic heterocycles. The summed E-state index contributed by atoms with van der Waals surface area (Å²) in [5.41, 5.74) is 13.2. The van der Waals surface area contributed by atoms with Crippen molar-refractivity contribution < 1.29 is 0 Å². The van der Waals surface area contributed by atoms with Crippen LogP contribution in [0.3, 0.4) is 0 Å². The molecule has 1 saturated carbocycles. The highest BCUT2D eigenvalue weighted by Gasteiger charge is 2.43. The molecule has 0 atom stereocenters. The van der Waals surface area contributed by atoms with Crippen LogP contribution in [0.2, 0.25) is 0 Å². The summed E-state index contributed by atoms with van der Waals surface area (Å²) in [5.74, 6) is 0.558. The molecule has 0 bridgehead atoms. The van der Waals surface area contributed by atoms with Crippen LogP contribution in [-0.2, 0) is 0 Å². The first-order valence-corrected chi connectivity index (χ1v) is 14.8. The predicted octanol–water partition coefficient (Wildman–Crippen LogP) is 7.69. The Labute approximate surface area is 242 Å². The van der Waals surface area contributed by atoms with E-state index in [4.69, 9.17) is 0 Å². The third-order valence-electron chi connectivity index (χ3n) is 9.23. The molecule has 1 aliphatic carbocycles. The highest BCUT2D eigenvalue weighted by molar-refractivity contribution is 7.00. The maximum absolute atomic E-state index is 9.79. The van der Waals surface area contributed by atoms with E-state index in [0.29, 0.717) is 11.5 Å². The van der Waals surface area contributed by atoms with Gasteiger partial charge in [0.1, 0.15) is 0 Å². The van der Waals surface area contributed by atoms with Gasteiger partial charge < -0.3 is 9.80 Å². The van der Waals surface area contributed by atoms with Gasteiger partial charge >= 0.3 is 0 Å². The van der Waals surface area contributed by atoms with Crippen LogP contribution in [0, 0.1) is 11.3 Å². The summed E-state index contributed by atoms with van der Waals surface area (Å²) in [6.45, 7) is 0.128. The number of fused-ring (bicyclic) bond motifs is 4. The first kappa shape index (κ1) is 24.1. The molecule has 0 amide bonds. The number of hydrogen-bond donors (Lipinski definition) is 0. The van der Waals surface area contributed by atoms with Crippen molar-refractivity contribution in [2.75, 3.05) is 9.80 Å². The van der Waals surface area contributed by atoms with E-state index >= 15 is 0 Å². The van der Waals surface area contributed by atoms with Gasteiger partial charge in [-0.1, -0.05) is 79.9 Å². The Morgan fingerprint density at radius 1 is 0.585 bits per heavy atom. The van der Waals surface area contributed by atoms with Gasteiger partial charge in [-0.15, -0.1) is 0 Å². The maximum Gasteiger partial charge on any atom is 0.252 e. The SMILES string of the molecule is N#Cc1cccc(N2c3ccccc3B3c4ccccc4N(c4ccccc4)c4cc(C5CCCCC5)cc2c43)c1. The van der Waals surface area contributed by atoms with Crippen LogP contribution in [0.1, 0.15) is 49.1 Å². The van der Waals surface area contributed by atoms with Crippen molar-refractivity contribution in [1.29, 1.82) is 5.26 Å². The third kappa shape index (κ3) is 3.80. The van der Waals surface area contributed by atoms with Crippen LogP contribution in [-0.4, -0.2) is 6.71 Å². The van der Waals surface area contributed by atoms with Crippen LogP contribution in [0.15, 0.2) is 115 Å². The van der Waals surface area contributed by atoms with Crippen LogP contribution < -0.4 is 26.2 Å². The smallest absolute Gasteiger partial charge is 0.252 e. The number of nitrogens with zero attached hydrogens (tertiary/aromatic N) is 3. The van der Waals surface area contributed by atoms with Crippen molar-refractivity contribution in [3.63, 3.8) is 0 Å². The summed E-state index contributed by atoms with van der Waals surface area (Å²) < 4.78 is 0. The van der Waals surface area contributed by atoms with Crippen molar-refractivity contribution in [3.8, 4) is 6.07 Å². The second-order valence-electron chi connectivity index (χ2n) is 11.5. The quantitative estimate of drug-likeness (QED) is 0.221. The van der Waals surface area contributed by atoms with Crippen molar-refractivity contribution in [2.24, 2.45) is 0 Å². The molecule has 41 heavy (non-hydrogen) atoms. The number of nitriles is 1. The third-order valence-corrected chi connectivity index (χ3v) is 9.23. The summed E-state index contributed by atoms with van der Waals surface area (Å²) >= 11 is 0. The number of anilines is 6. The van der Waals surface area contributed by atoms with E-state index in [1.807, 2.05) is 18.2 Å². The van der Waals surface area contributed by atoms with Crippen molar-refractivity contribution in [1.82, 2.24) is 0 Å². The summed E-state index contributed by atoms with van der Waals surface area (Å²) in [4.78, 5) is 4.89. The number of para-hydroxylation sites is 3. The largest absolute Gasteiger partial charge is 0.311 e. The molecule has 3 nitrogen and oxygen atoms in total. The summed E-state index contributed by atoms with van der Waals surface area (Å²) in [6.07, 6.45) is 6.40. The lowest BCUT2D eigenvalue weighted by Crippen LogP contribution is -2.61. The zero-order chi connectivity index (χ0) is 27.3. The van der Waals surface area contributed by atoms with E-state index in [-0.39, 0.29) is 6.71 Å². The average molecular weight is 527 g/mol. The molecule has 0 spiro atoms. The summed E-state index contributed by atoms with van der Waals surface area (Å²) in [7, 11) is 0. The fraction of sp³-hybridized carbons (Fsp3) is 0.162. The lowest BCUT2D eigenvalue weighted by molar-refractivity contribution is 0.444. The van der Waals surface area contributed by atoms with E-state index in [2.05, 4.69) is 113 Å². The lowest BCUT2D eigenvalue weighted by atomic mass is 9.33. The first-order chi connectivity index (χ1) is 20.3. The van der Waals surface area contributed by atoms with Gasteiger partial charge in [-0.2, -0.15) is 5.26 Å². The van der Waals surface area contributed by atoms with Crippen LogP contribution in [0.4, 0.5) is 34.1 Å². The Hall–Kier alpha value is -4.75. The summed E-state index contributed by atoms with van der Waals surface area (Å²) in [5, 5.41) is 9.79. The van der Waals surface area contributed by atoms with Gasteiger partial charge in [-0.3, -0.25) is 0 Å². The molecular weight excluding hydrogens is 497 g/mol. The van der Waals surface area contributed by atoms with Crippen molar-refractivity contribution in [2.45, 2.75) is 38.0 Å². The minimum absolute atomic E-state index is 0.128. The van der Waals surface area contributed by atoms with Crippen LogP contribution in [0.25, 0.3) is 0 Å². The van der Waals surface area contributed by atoms with Gasteiger partial charge in [0.2, 0.25) is 0 Å². The molecule has 5 aromatic carbocycles. The van der Waals surface area contributed by atoms with E-state index in [1.54, 1.807) is 0 Å². The van der Waals surface area contributed by atoms with E-state index in [1.165, 1.54) is 82.5 Å². The molecule has 1 fully saturated rings. The van der Waals surface area contributed by atoms with E-state index in [0.717, 1.165) is 5.69 Å². The highest BCUT2D eigenvalue weighted by Crippen LogP contribution is 2.46. The molecule has 0 radical (unpaired) electrons. The van der Waals surface area contributed by atoms with Crippen LogP contribution >= 0.6 is 0 Å². The predicted molar refractivity (Wildman–Crippen MR) is 171 cm³/mol. The number of hydrogen-bond acceptors (Lipinski definition) is 3. The monoisotopic (exact) mass is 527 g/mol. The normalized spacial score (nSPS) is 15.5.